The molecule has 0 saturated carbocycles. The van der Waals surface area contributed by atoms with Crippen LogP contribution < -0.4 is 0 Å². The van der Waals surface area contributed by atoms with Crippen LogP contribution in [0.5, 0.6) is 0 Å². The van der Waals surface area contributed by atoms with Crippen LogP contribution in [0, 0.1) is 0 Å². The zero-order valence-electron chi connectivity index (χ0n) is 15.4. The van der Waals surface area contributed by atoms with Gasteiger partial charge in [-0.2, -0.15) is 0 Å². The van der Waals surface area contributed by atoms with Crippen molar-refractivity contribution in [3.63, 3.8) is 0 Å². The first kappa shape index (κ1) is 16.3. The first-order valence-electron chi connectivity index (χ1n) is 9.39. The van der Waals surface area contributed by atoms with Crippen LogP contribution in [0.1, 0.15) is 16.8 Å². The van der Waals surface area contributed by atoms with Gasteiger partial charge in [0.15, 0.2) is 0 Å². The van der Waals surface area contributed by atoms with E-state index in [2.05, 4.69) is 53.5 Å². The molecule has 2 aromatic carbocycles. The van der Waals surface area contributed by atoms with E-state index in [1.165, 1.54) is 16.5 Å². The molecule has 27 heavy (non-hydrogen) atoms. The molecule has 1 amide bonds. The highest BCUT2D eigenvalue weighted by atomic mass is 16.5. The summed E-state index contributed by atoms with van der Waals surface area (Å²) in [5.41, 5.74) is 5.36. The van der Waals surface area contributed by atoms with Crippen LogP contribution in [0.25, 0.3) is 10.9 Å². The van der Waals surface area contributed by atoms with Gasteiger partial charge in [0.1, 0.15) is 5.54 Å². The Labute approximate surface area is 158 Å². The van der Waals surface area contributed by atoms with Gasteiger partial charge in [0.25, 0.3) is 0 Å². The minimum atomic E-state index is -0.499. The normalized spacial score (nSPS) is 21.3. The summed E-state index contributed by atoms with van der Waals surface area (Å²) in [4.78, 5) is 18.6. The number of hydrogen-bond acceptors (Lipinski definition) is 2. The van der Waals surface area contributed by atoms with Gasteiger partial charge in [0, 0.05) is 37.1 Å². The molecule has 0 bridgehead atoms. The summed E-state index contributed by atoms with van der Waals surface area (Å²) in [6.45, 7) is 1.17. The van der Waals surface area contributed by atoms with E-state index in [0.29, 0.717) is 6.61 Å². The quantitative estimate of drug-likeness (QED) is 0.775. The topological polar surface area (TPSA) is 45.3 Å². The van der Waals surface area contributed by atoms with Crippen LogP contribution in [-0.2, 0) is 27.9 Å². The highest BCUT2D eigenvalue weighted by molar-refractivity contribution is 5.95. The van der Waals surface area contributed by atoms with Crippen LogP contribution in [0.2, 0.25) is 0 Å². The van der Waals surface area contributed by atoms with Gasteiger partial charge in [-0.05, 0) is 29.2 Å². The molecule has 1 atom stereocenters. The van der Waals surface area contributed by atoms with E-state index >= 15 is 0 Å². The number of amides is 1. The lowest BCUT2D eigenvalue weighted by Gasteiger charge is -2.44. The van der Waals surface area contributed by atoms with Gasteiger partial charge < -0.3 is 14.6 Å². The molecule has 4 heteroatoms. The van der Waals surface area contributed by atoms with Crippen molar-refractivity contribution in [3.05, 3.63) is 83.1 Å². The Morgan fingerprint density at radius 3 is 2.70 bits per heavy atom. The van der Waals surface area contributed by atoms with E-state index in [0.717, 1.165) is 36.2 Å². The maximum Gasteiger partial charge on any atom is 0.247 e. The molecule has 0 fully saturated rings. The van der Waals surface area contributed by atoms with Crippen LogP contribution in [0.4, 0.5) is 0 Å². The zero-order valence-corrected chi connectivity index (χ0v) is 15.4. The van der Waals surface area contributed by atoms with E-state index in [-0.39, 0.29) is 5.91 Å². The van der Waals surface area contributed by atoms with Gasteiger partial charge in [-0.1, -0.05) is 48.5 Å². The lowest BCUT2D eigenvalue weighted by atomic mass is 9.77. The van der Waals surface area contributed by atoms with Crippen LogP contribution in [-0.4, -0.2) is 36.1 Å². The van der Waals surface area contributed by atoms with Crippen molar-refractivity contribution in [2.75, 3.05) is 20.3 Å². The molecule has 1 unspecified atom stereocenters. The Bertz CT molecular complexity index is 1050. The second kappa shape index (κ2) is 6.10. The third-order valence-electron chi connectivity index (χ3n) is 5.97. The molecule has 0 saturated heterocycles. The number of fused-ring (bicyclic) bond motifs is 5. The lowest BCUT2D eigenvalue weighted by molar-refractivity contribution is -0.129. The highest BCUT2D eigenvalue weighted by Crippen LogP contribution is 2.48. The van der Waals surface area contributed by atoms with Gasteiger partial charge >= 0.3 is 0 Å². The van der Waals surface area contributed by atoms with Crippen molar-refractivity contribution >= 4 is 16.8 Å². The Kier molecular flexibility index (Phi) is 3.69. The molecule has 2 aliphatic rings. The van der Waals surface area contributed by atoms with Gasteiger partial charge in [0.05, 0.1) is 12.3 Å². The van der Waals surface area contributed by atoms with Gasteiger partial charge in [-0.3, -0.25) is 4.79 Å². The van der Waals surface area contributed by atoms with Crippen molar-refractivity contribution in [3.8, 4) is 0 Å². The Balaban J connectivity index is 1.77. The standard InChI is InChI=1S/C23H22N2O2/c1-27-15-17-13-21(26)25-12-11-19-18-9-5-6-10-20(18)24-22(19)23(17,25)14-16-7-3-2-4-8-16/h2-10,13,24H,11-12,14-15H2,1H3. The van der Waals surface area contributed by atoms with Gasteiger partial charge in [-0.25, -0.2) is 0 Å². The van der Waals surface area contributed by atoms with E-state index in [9.17, 15) is 4.79 Å². The third-order valence-corrected chi connectivity index (χ3v) is 5.97. The minimum absolute atomic E-state index is 0.0855. The van der Waals surface area contributed by atoms with E-state index in [1.807, 2.05) is 11.0 Å². The number of hydrogen-bond donors (Lipinski definition) is 1. The number of nitrogens with zero attached hydrogens (tertiary/aromatic N) is 1. The summed E-state index contributed by atoms with van der Waals surface area (Å²) in [5, 5.41) is 1.26. The SMILES string of the molecule is COCC1=CC(=O)N2CCc3c([nH]c4ccccc34)C12Cc1ccccc1. The zero-order chi connectivity index (χ0) is 18.4. The molecule has 5 rings (SSSR count). The van der Waals surface area contributed by atoms with E-state index < -0.39 is 5.54 Å². The smallest absolute Gasteiger partial charge is 0.247 e. The Morgan fingerprint density at radius 2 is 1.89 bits per heavy atom. The number of rotatable bonds is 4. The first-order chi connectivity index (χ1) is 13.2. The van der Waals surface area contributed by atoms with Crippen molar-refractivity contribution < 1.29 is 9.53 Å². The van der Waals surface area contributed by atoms with Crippen molar-refractivity contribution in [1.82, 2.24) is 9.88 Å². The van der Waals surface area contributed by atoms with E-state index in [4.69, 9.17) is 4.74 Å². The maximum absolute atomic E-state index is 12.9. The summed E-state index contributed by atoms with van der Waals surface area (Å²) in [5.74, 6) is 0.0855. The van der Waals surface area contributed by atoms with Crippen molar-refractivity contribution in [1.29, 1.82) is 0 Å². The molecule has 0 aliphatic carbocycles. The molecule has 1 aromatic heterocycles. The van der Waals surface area contributed by atoms with Crippen LogP contribution >= 0.6 is 0 Å². The fraction of sp³-hybridized carbons (Fsp3) is 0.261. The van der Waals surface area contributed by atoms with Crippen LogP contribution in [0.3, 0.4) is 0 Å². The number of nitrogens with one attached hydrogen (secondary N) is 1. The molecule has 0 radical (unpaired) electrons. The third kappa shape index (κ3) is 2.30. The lowest BCUT2D eigenvalue weighted by Crippen LogP contribution is -2.52. The number of ether oxygens (including phenoxy) is 1. The molecule has 4 nitrogen and oxygen atoms in total. The minimum Gasteiger partial charge on any atom is -0.380 e. The number of H-pyrrole nitrogens is 1. The van der Waals surface area contributed by atoms with Gasteiger partial charge in [0.2, 0.25) is 5.91 Å². The summed E-state index contributed by atoms with van der Waals surface area (Å²) in [7, 11) is 1.69. The summed E-state index contributed by atoms with van der Waals surface area (Å²) >= 11 is 0. The molecular weight excluding hydrogens is 336 g/mol. The monoisotopic (exact) mass is 358 g/mol. The molecule has 136 valence electrons. The second-order valence-electron chi connectivity index (χ2n) is 7.39. The maximum atomic E-state index is 12.9. The summed E-state index contributed by atoms with van der Waals surface area (Å²) in [6.07, 6.45) is 3.40. The fourth-order valence-corrected chi connectivity index (χ4v) is 4.85. The van der Waals surface area contributed by atoms with E-state index in [1.54, 1.807) is 13.2 Å². The number of benzene rings is 2. The average molecular weight is 358 g/mol. The number of para-hydroxylation sites is 1. The molecule has 3 aromatic rings. The largest absolute Gasteiger partial charge is 0.380 e. The Morgan fingerprint density at radius 1 is 1.11 bits per heavy atom. The summed E-state index contributed by atoms with van der Waals surface area (Å²) in [6, 6.07) is 18.8. The Hall–Kier alpha value is -2.85. The predicted octanol–water partition coefficient (Wildman–Crippen LogP) is 3.58. The van der Waals surface area contributed by atoms with Crippen molar-refractivity contribution in [2.45, 2.75) is 18.4 Å². The highest BCUT2D eigenvalue weighted by Gasteiger charge is 2.52. The van der Waals surface area contributed by atoms with Crippen LogP contribution in [0.15, 0.2) is 66.2 Å². The number of methoxy groups -OCH3 is 1. The number of carbonyl (C=O) groups excluding carboxylic acids is 1. The first-order valence-corrected chi connectivity index (χ1v) is 9.39. The molecule has 1 N–H and O–H groups in total. The fourth-order valence-electron chi connectivity index (χ4n) is 4.85. The molecule has 3 heterocycles. The molecule has 2 aliphatic heterocycles. The number of carbonyl (C=O) groups is 1. The van der Waals surface area contributed by atoms with Gasteiger partial charge in [-0.15, -0.1) is 0 Å². The number of aromatic amines is 1. The summed E-state index contributed by atoms with van der Waals surface area (Å²) < 4.78 is 5.51. The molecule has 0 spiro atoms. The predicted molar refractivity (Wildman–Crippen MR) is 105 cm³/mol. The average Bonchev–Trinajstić information content (AvgIpc) is 3.20. The molecular formula is C23H22N2O2. The second-order valence-corrected chi connectivity index (χ2v) is 7.39. The van der Waals surface area contributed by atoms with Crippen molar-refractivity contribution in [2.24, 2.45) is 0 Å². The number of aromatic nitrogens is 1.